The van der Waals surface area contributed by atoms with Crippen molar-refractivity contribution in [2.24, 2.45) is 0 Å². The molecule has 3 N–H and O–H groups in total. The van der Waals surface area contributed by atoms with E-state index in [1.54, 1.807) is 17.8 Å². The molecular formula is C12H9N3O2S. The minimum atomic E-state index is -0.470. The number of rotatable bonds is 1. The van der Waals surface area contributed by atoms with Crippen molar-refractivity contribution in [1.29, 1.82) is 0 Å². The van der Waals surface area contributed by atoms with Crippen LogP contribution in [0, 0.1) is 10.1 Å². The van der Waals surface area contributed by atoms with E-state index in [1.165, 1.54) is 6.07 Å². The molecule has 0 aliphatic carbocycles. The first-order chi connectivity index (χ1) is 8.66. The summed E-state index contributed by atoms with van der Waals surface area (Å²) < 4.78 is 0. The maximum absolute atomic E-state index is 10.8. The predicted octanol–water partition coefficient (Wildman–Crippen LogP) is 3.39. The van der Waals surface area contributed by atoms with Gasteiger partial charge in [-0.25, -0.2) is 0 Å². The van der Waals surface area contributed by atoms with Crippen LogP contribution >= 0.6 is 11.8 Å². The molecule has 2 aromatic carbocycles. The summed E-state index contributed by atoms with van der Waals surface area (Å²) in [6.45, 7) is 0. The number of nitro benzene ring substituents is 1. The van der Waals surface area contributed by atoms with Crippen LogP contribution in [0.25, 0.3) is 0 Å². The fraction of sp³-hybridized carbons (Fsp3) is 0. The molecule has 0 radical (unpaired) electrons. The van der Waals surface area contributed by atoms with E-state index in [9.17, 15) is 10.1 Å². The van der Waals surface area contributed by atoms with Crippen molar-refractivity contribution in [3.05, 3.63) is 46.5 Å². The third-order valence-corrected chi connectivity index (χ3v) is 3.88. The van der Waals surface area contributed by atoms with Crippen LogP contribution < -0.4 is 11.1 Å². The van der Waals surface area contributed by atoms with Crippen LogP contribution in [0.5, 0.6) is 0 Å². The Kier molecular flexibility index (Phi) is 2.38. The highest BCUT2D eigenvalue weighted by atomic mass is 32.2. The van der Waals surface area contributed by atoms with E-state index >= 15 is 0 Å². The van der Waals surface area contributed by atoms with Gasteiger partial charge in [0.15, 0.2) is 0 Å². The molecule has 6 heteroatoms. The van der Waals surface area contributed by atoms with Gasteiger partial charge in [0.05, 0.1) is 16.3 Å². The SMILES string of the molecule is Nc1c([N+](=O)[O-])ccc2c1Nc1ccccc1S2. The Morgan fingerprint density at radius 2 is 1.94 bits per heavy atom. The number of anilines is 3. The average molecular weight is 259 g/mol. The molecular weight excluding hydrogens is 250 g/mol. The number of fused-ring (bicyclic) bond motifs is 2. The van der Waals surface area contributed by atoms with Crippen molar-refractivity contribution in [2.75, 3.05) is 11.1 Å². The van der Waals surface area contributed by atoms with Crippen LogP contribution in [0.15, 0.2) is 46.2 Å². The molecule has 90 valence electrons. The Labute approximate surface area is 107 Å². The molecule has 1 aliphatic heterocycles. The number of nitrogens with one attached hydrogen (secondary N) is 1. The van der Waals surface area contributed by atoms with Crippen LogP contribution in [0.2, 0.25) is 0 Å². The monoisotopic (exact) mass is 259 g/mol. The van der Waals surface area contributed by atoms with Crippen LogP contribution in [0.1, 0.15) is 0 Å². The Hall–Kier alpha value is -2.21. The minimum Gasteiger partial charge on any atom is -0.391 e. The molecule has 2 aromatic rings. The molecule has 0 saturated heterocycles. The number of hydrogen-bond acceptors (Lipinski definition) is 5. The van der Waals surface area contributed by atoms with Crippen molar-refractivity contribution < 1.29 is 4.92 Å². The maximum Gasteiger partial charge on any atom is 0.294 e. The van der Waals surface area contributed by atoms with Crippen molar-refractivity contribution >= 4 is 34.5 Å². The van der Waals surface area contributed by atoms with Crippen LogP contribution in [-0.2, 0) is 0 Å². The van der Waals surface area contributed by atoms with Gasteiger partial charge in [0.25, 0.3) is 5.69 Å². The summed E-state index contributed by atoms with van der Waals surface area (Å²) in [6, 6.07) is 10.9. The first-order valence-electron chi connectivity index (χ1n) is 5.27. The highest BCUT2D eigenvalue weighted by molar-refractivity contribution is 7.99. The number of para-hydroxylation sites is 1. The van der Waals surface area contributed by atoms with Crippen LogP contribution in [0.4, 0.5) is 22.7 Å². The number of benzene rings is 2. The fourth-order valence-electron chi connectivity index (χ4n) is 1.87. The summed E-state index contributed by atoms with van der Waals surface area (Å²) in [6.07, 6.45) is 0. The van der Waals surface area contributed by atoms with Gasteiger partial charge in [0, 0.05) is 15.9 Å². The molecule has 0 unspecified atom stereocenters. The summed E-state index contributed by atoms with van der Waals surface area (Å²) >= 11 is 1.55. The van der Waals surface area contributed by atoms with Gasteiger partial charge in [0.1, 0.15) is 5.69 Å². The van der Waals surface area contributed by atoms with Crippen molar-refractivity contribution in [3.8, 4) is 0 Å². The van der Waals surface area contributed by atoms with Gasteiger partial charge in [-0.3, -0.25) is 10.1 Å². The maximum atomic E-state index is 10.8. The zero-order valence-corrected chi connectivity index (χ0v) is 10.0. The molecule has 0 aromatic heterocycles. The lowest BCUT2D eigenvalue weighted by atomic mass is 10.2. The molecule has 0 saturated carbocycles. The zero-order valence-electron chi connectivity index (χ0n) is 9.21. The summed E-state index contributed by atoms with van der Waals surface area (Å²) in [5.74, 6) is 0. The molecule has 0 amide bonds. The molecule has 1 aliphatic rings. The number of nitrogen functional groups attached to an aromatic ring is 1. The van der Waals surface area contributed by atoms with E-state index in [1.807, 2.05) is 24.3 Å². The number of nitrogens with two attached hydrogens (primary N) is 1. The Bertz CT molecular complexity index is 658. The van der Waals surface area contributed by atoms with E-state index < -0.39 is 4.92 Å². The van der Waals surface area contributed by atoms with Gasteiger partial charge in [-0.05, 0) is 18.2 Å². The largest absolute Gasteiger partial charge is 0.391 e. The van der Waals surface area contributed by atoms with Gasteiger partial charge < -0.3 is 11.1 Å². The highest BCUT2D eigenvalue weighted by Crippen LogP contribution is 2.48. The normalized spacial score (nSPS) is 12.2. The van der Waals surface area contributed by atoms with E-state index in [0.717, 1.165) is 15.5 Å². The van der Waals surface area contributed by atoms with E-state index in [4.69, 9.17) is 5.73 Å². The first kappa shape index (κ1) is 10.9. The summed E-state index contributed by atoms with van der Waals surface area (Å²) in [5.41, 5.74) is 7.49. The highest BCUT2D eigenvalue weighted by Gasteiger charge is 2.23. The van der Waals surface area contributed by atoms with Gasteiger partial charge in [0.2, 0.25) is 0 Å². The summed E-state index contributed by atoms with van der Waals surface area (Å²) in [5, 5.41) is 14.0. The molecule has 3 rings (SSSR count). The lowest BCUT2D eigenvalue weighted by Gasteiger charge is -2.21. The van der Waals surface area contributed by atoms with E-state index in [2.05, 4.69) is 5.32 Å². The number of nitro groups is 1. The Morgan fingerprint density at radius 1 is 1.17 bits per heavy atom. The van der Waals surface area contributed by atoms with E-state index in [0.29, 0.717) is 5.69 Å². The molecule has 18 heavy (non-hydrogen) atoms. The lowest BCUT2D eigenvalue weighted by Crippen LogP contribution is -2.05. The smallest absolute Gasteiger partial charge is 0.294 e. The van der Waals surface area contributed by atoms with Crippen molar-refractivity contribution in [1.82, 2.24) is 0 Å². The second kappa shape index (κ2) is 3.92. The quantitative estimate of drug-likeness (QED) is 0.397. The van der Waals surface area contributed by atoms with E-state index in [-0.39, 0.29) is 11.4 Å². The van der Waals surface area contributed by atoms with Gasteiger partial charge >= 0.3 is 0 Å². The molecule has 5 nitrogen and oxygen atoms in total. The van der Waals surface area contributed by atoms with Crippen LogP contribution in [0.3, 0.4) is 0 Å². The second-order valence-corrected chi connectivity index (χ2v) is 4.94. The Balaban J connectivity index is 2.14. The molecule has 0 spiro atoms. The minimum absolute atomic E-state index is 0.0683. The number of nitrogens with zero attached hydrogens (tertiary/aromatic N) is 1. The van der Waals surface area contributed by atoms with Gasteiger partial charge in [-0.15, -0.1) is 0 Å². The third-order valence-electron chi connectivity index (χ3n) is 2.75. The predicted molar refractivity (Wildman–Crippen MR) is 71.4 cm³/mol. The summed E-state index contributed by atoms with van der Waals surface area (Å²) in [4.78, 5) is 12.4. The summed E-state index contributed by atoms with van der Waals surface area (Å²) in [7, 11) is 0. The van der Waals surface area contributed by atoms with Crippen molar-refractivity contribution in [3.63, 3.8) is 0 Å². The van der Waals surface area contributed by atoms with Gasteiger partial charge in [-0.1, -0.05) is 23.9 Å². The molecule has 0 fully saturated rings. The number of hydrogen-bond donors (Lipinski definition) is 2. The molecule has 1 heterocycles. The zero-order chi connectivity index (χ0) is 12.7. The van der Waals surface area contributed by atoms with Gasteiger partial charge in [-0.2, -0.15) is 0 Å². The fourth-order valence-corrected chi connectivity index (χ4v) is 2.89. The Morgan fingerprint density at radius 3 is 2.72 bits per heavy atom. The average Bonchev–Trinajstić information content (AvgIpc) is 2.37. The second-order valence-electron chi connectivity index (χ2n) is 3.85. The van der Waals surface area contributed by atoms with Crippen molar-refractivity contribution in [2.45, 2.75) is 9.79 Å². The first-order valence-corrected chi connectivity index (χ1v) is 6.09. The third kappa shape index (κ3) is 1.58. The lowest BCUT2D eigenvalue weighted by molar-refractivity contribution is -0.383. The molecule has 0 atom stereocenters. The molecule has 0 bridgehead atoms. The topological polar surface area (TPSA) is 81.2 Å². The van der Waals surface area contributed by atoms with Crippen LogP contribution in [-0.4, -0.2) is 4.92 Å². The standard InChI is InChI=1S/C12H9N3O2S/c13-11-8(15(16)17)5-6-10-12(11)14-7-3-1-2-4-9(7)18-10/h1-6,14H,13H2.